The van der Waals surface area contributed by atoms with Crippen LogP contribution in [0.2, 0.25) is 4.34 Å². The Balaban J connectivity index is 1.75. The van der Waals surface area contributed by atoms with Crippen molar-refractivity contribution in [3.8, 4) is 5.82 Å². The van der Waals surface area contributed by atoms with Crippen LogP contribution in [0.1, 0.15) is 11.4 Å². The fourth-order valence-corrected chi connectivity index (χ4v) is 4.92. The molecule has 0 aromatic carbocycles. The molecule has 26 heavy (non-hydrogen) atoms. The van der Waals surface area contributed by atoms with Gasteiger partial charge >= 0.3 is 0 Å². The van der Waals surface area contributed by atoms with Crippen LogP contribution in [0.3, 0.4) is 0 Å². The van der Waals surface area contributed by atoms with E-state index in [0.29, 0.717) is 10.2 Å². The molecule has 0 bridgehead atoms. The molecule has 0 atom stereocenters. The number of aromatic nitrogens is 4. The van der Waals surface area contributed by atoms with Gasteiger partial charge < -0.3 is 0 Å². The van der Waals surface area contributed by atoms with Crippen LogP contribution in [0.15, 0.2) is 39.3 Å². The Morgan fingerprint density at radius 1 is 1.19 bits per heavy atom. The second-order valence-corrected chi connectivity index (χ2v) is 9.26. The Kier molecular flexibility index (Phi) is 5.28. The fourth-order valence-electron chi connectivity index (χ4n) is 2.37. The zero-order valence-corrected chi connectivity index (χ0v) is 16.4. The van der Waals surface area contributed by atoms with Crippen molar-refractivity contribution < 1.29 is 8.42 Å². The minimum Gasteiger partial charge on any atom is -0.268 e. The zero-order valence-electron chi connectivity index (χ0n) is 14.0. The highest BCUT2D eigenvalue weighted by atomic mass is 35.5. The molecule has 3 rings (SSSR count). The minimum absolute atomic E-state index is 0.0192. The molecule has 0 spiro atoms. The topological polar surface area (TPSA) is 98.9 Å². The predicted molar refractivity (Wildman–Crippen MR) is 99.6 cm³/mol. The van der Waals surface area contributed by atoms with Crippen molar-refractivity contribution in [2.24, 2.45) is 0 Å². The molecule has 0 saturated carbocycles. The molecule has 0 unspecified atom stereocenters. The summed E-state index contributed by atoms with van der Waals surface area (Å²) in [5.74, 6) is 0.489. The molecule has 3 aromatic heterocycles. The smallest absolute Gasteiger partial charge is 0.266 e. The normalized spacial score (nSPS) is 11.8. The molecule has 0 radical (unpaired) electrons. The van der Waals surface area contributed by atoms with Gasteiger partial charge in [-0.15, -0.1) is 16.4 Å². The van der Waals surface area contributed by atoms with Crippen LogP contribution in [0.25, 0.3) is 5.82 Å². The average molecular weight is 414 g/mol. The van der Waals surface area contributed by atoms with Crippen molar-refractivity contribution in [1.82, 2.24) is 24.3 Å². The quantitative estimate of drug-likeness (QED) is 0.663. The number of rotatable bonds is 6. The lowest BCUT2D eigenvalue weighted by Gasteiger charge is -2.09. The number of sulfonamides is 1. The Morgan fingerprint density at radius 3 is 2.58 bits per heavy atom. The van der Waals surface area contributed by atoms with E-state index in [1.54, 1.807) is 10.7 Å². The van der Waals surface area contributed by atoms with Crippen LogP contribution in [0.5, 0.6) is 0 Å². The van der Waals surface area contributed by atoms with E-state index in [0.717, 1.165) is 22.7 Å². The van der Waals surface area contributed by atoms with Gasteiger partial charge in [0.1, 0.15) is 4.21 Å². The van der Waals surface area contributed by atoms with Crippen LogP contribution in [-0.2, 0) is 16.6 Å². The Labute approximate surface area is 159 Å². The summed E-state index contributed by atoms with van der Waals surface area (Å²) >= 11 is 6.74. The SMILES string of the molecule is Cc1cc(C)n(-c2ccc(=O)n(CCNS(=O)(=O)c3ccc(Cl)s3)n2)n1. The highest BCUT2D eigenvalue weighted by Gasteiger charge is 2.16. The van der Waals surface area contributed by atoms with Gasteiger partial charge in [-0.3, -0.25) is 4.79 Å². The summed E-state index contributed by atoms with van der Waals surface area (Å²) in [6.07, 6.45) is 0. The van der Waals surface area contributed by atoms with Crippen LogP contribution < -0.4 is 10.3 Å². The molecule has 11 heteroatoms. The maximum absolute atomic E-state index is 12.2. The van der Waals surface area contributed by atoms with E-state index in [-0.39, 0.29) is 22.9 Å². The lowest BCUT2D eigenvalue weighted by atomic mass is 10.4. The molecule has 1 N–H and O–H groups in total. The van der Waals surface area contributed by atoms with Crippen LogP contribution in [0, 0.1) is 13.8 Å². The summed E-state index contributed by atoms with van der Waals surface area (Å²) in [6, 6.07) is 7.81. The second-order valence-electron chi connectivity index (χ2n) is 5.55. The average Bonchev–Trinajstić information content (AvgIpc) is 3.15. The Hall–Kier alpha value is -2.01. The standard InChI is InChI=1S/C15H16ClN5O3S2/c1-10-9-11(2)21(18-10)13-4-5-14(22)20(19-13)8-7-17-26(23,24)15-6-3-12(16)25-15/h3-6,9,17H,7-8H2,1-2H3. The number of aryl methyl sites for hydroxylation is 2. The van der Waals surface area contributed by atoms with Crippen molar-refractivity contribution in [3.63, 3.8) is 0 Å². The molecule has 0 aliphatic carbocycles. The molecule has 3 heterocycles. The number of halogens is 1. The van der Waals surface area contributed by atoms with Crippen LogP contribution in [0.4, 0.5) is 0 Å². The lowest BCUT2D eigenvalue weighted by Crippen LogP contribution is -2.32. The van der Waals surface area contributed by atoms with Gasteiger partial charge in [-0.25, -0.2) is 22.5 Å². The number of thiophene rings is 1. The number of hydrogen-bond acceptors (Lipinski definition) is 6. The second kappa shape index (κ2) is 7.31. The van der Waals surface area contributed by atoms with Gasteiger partial charge in [0.15, 0.2) is 5.82 Å². The molecule has 0 aliphatic rings. The Morgan fingerprint density at radius 2 is 1.96 bits per heavy atom. The summed E-state index contributed by atoms with van der Waals surface area (Å²) in [4.78, 5) is 12.0. The van der Waals surface area contributed by atoms with Crippen LogP contribution in [-0.4, -0.2) is 34.5 Å². The Bertz CT molecular complexity index is 1100. The highest BCUT2D eigenvalue weighted by Crippen LogP contribution is 2.25. The van der Waals surface area contributed by atoms with Gasteiger partial charge in [0.05, 0.1) is 16.6 Å². The summed E-state index contributed by atoms with van der Waals surface area (Å²) < 4.78 is 30.1. The van der Waals surface area contributed by atoms with Gasteiger partial charge in [0.25, 0.3) is 5.56 Å². The summed E-state index contributed by atoms with van der Waals surface area (Å²) in [6.45, 7) is 3.86. The van der Waals surface area contributed by atoms with Gasteiger partial charge in [0, 0.05) is 18.3 Å². The predicted octanol–water partition coefficient (Wildman–Crippen LogP) is 1.74. The maximum atomic E-state index is 12.2. The first-order valence-electron chi connectivity index (χ1n) is 7.63. The van der Waals surface area contributed by atoms with E-state index >= 15 is 0 Å². The molecule has 0 fully saturated rings. The first kappa shape index (κ1) is 18.8. The van der Waals surface area contributed by atoms with E-state index in [2.05, 4.69) is 14.9 Å². The first-order chi connectivity index (χ1) is 12.3. The van der Waals surface area contributed by atoms with E-state index in [1.807, 2.05) is 19.9 Å². The maximum Gasteiger partial charge on any atom is 0.266 e. The number of nitrogens with zero attached hydrogens (tertiary/aromatic N) is 4. The lowest BCUT2D eigenvalue weighted by molar-refractivity contribution is 0.542. The highest BCUT2D eigenvalue weighted by molar-refractivity contribution is 7.91. The number of hydrogen-bond donors (Lipinski definition) is 1. The van der Waals surface area contributed by atoms with E-state index < -0.39 is 10.0 Å². The fraction of sp³-hybridized carbons (Fsp3) is 0.267. The van der Waals surface area contributed by atoms with Crippen LogP contribution >= 0.6 is 22.9 Å². The summed E-state index contributed by atoms with van der Waals surface area (Å²) in [5.41, 5.74) is 1.40. The molecular formula is C15H16ClN5O3S2. The largest absolute Gasteiger partial charge is 0.268 e. The zero-order chi connectivity index (χ0) is 18.9. The number of nitrogens with one attached hydrogen (secondary N) is 1. The van der Waals surface area contributed by atoms with Crippen molar-refractivity contribution in [2.45, 2.75) is 24.6 Å². The van der Waals surface area contributed by atoms with Crippen molar-refractivity contribution >= 4 is 33.0 Å². The molecule has 3 aromatic rings. The summed E-state index contributed by atoms with van der Waals surface area (Å²) in [7, 11) is -3.66. The minimum atomic E-state index is -3.66. The van der Waals surface area contributed by atoms with E-state index in [4.69, 9.17) is 11.6 Å². The van der Waals surface area contributed by atoms with Crippen molar-refractivity contribution in [2.75, 3.05) is 6.54 Å². The van der Waals surface area contributed by atoms with E-state index in [9.17, 15) is 13.2 Å². The van der Waals surface area contributed by atoms with Gasteiger partial charge in [0.2, 0.25) is 10.0 Å². The van der Waals surface area contributed by atoms with E-state index in [1.165, 1.54) is 22.9 Å². The monoisotopic (exact) mass is 413 g/mol. The third kappa shape index (κ3) is 4.04. The molecule has 0 amide bonds. The molecule has 138 valence electrons. The van der Waals surface area contributed by atoms with Gasteiger partial charge in [-0.1, -0.05) is 11.6 Å². The van der Waals surface area contributed by atoms with Gasteiger partial charge in [-0.2, -0.15) is 5.10 Å². The van der Waals surface area contributed by atoms with Crippen molar-refractivity contribution in [3.05, 3.63) is 56.4 Å². The molecule has 8 nitrogen and oxygen atoms in total. The molecule has 0 saturated heterocycles. The molecular weight excluding hydrogens is 398 g/mol. The molecule has 0 aliphatic heterocycles. The third-order valence-corrected chi connectivity index (χ3v) is 6.69. The first-order valence-corrected chi connectivity index (χ1v) is 10.3. The third-order valence-electron chi connectivity index (χ3n) is 3.51. The summed E-state index contributed by atoms with van der Waals surface area (Å²) in [5, 5.41) is 8.59. The van der Waals surface area contributed by atoms with Crippen molar-refractivity contribution in [1.29, 1.82) is 0 Å². The van der Waals surface area contributed by atoms with Gasteiger partial charge in [-0.05, 0) is 38.1 Å².